The molecule has 0 spiro atoms. The molecule has 13 heteroatoms. The van der Waals surface area contributed by atoms with E-state index < -0.39 is 60.9 Å². The summed E-state index contributed by atoms with van der Waals surface area (Å²) in [5.41, 5.74) is 1.92. The van der Waals surface area contributed by atoms with Crippen molar-refractivity contribution in [2.45, 2.75) is 68.8 Å². The average Bonchev–Trinajstić information content (AvgIpc) is 3.66. The number of nitriles is 2. The second-order valence-corrected chi connectivity index (χ2v) is 10.8. The Balaban J connectivity index is 1.54. The Morgan fingerprint density at radius 1 is 1.21 bits per heavy atom. The van der Waals surface area contributed by atoms with Crippen LogP contribution in [0.1, 0.15) is 42.0 Å². The number of amides is 1. The van der Waals surface area contributed by atoms with Gasteiger partial charge in [0.15, 0.2) is 6.10 Å². The van der Waals surface area contributed by atoms with E-state index in [1.165, 1.54) is 35.0 Å². The highest BCUT2D eigenvalue weighted by molar-refractivity contribution is 5.98. The van der Waals surface area contributed by atoms with Gasteiger partial charge in [0.1, 0.15) is 41.9 Å². The molecule has 1 amide bonds. The maximum absolute atomic E-state index is 14.4. The number of ether oxygens (including phenoxy) is 2. The summed E-state index contributed by atoms with van der Waals surface area (Å²) in [5.74, 6) is -1.32. The predicted octanol–water partition coefficient (Wildman–Crippen LogP) is 1.76. The summed E-state index contributed by atoms with van der Waals surface area (Å²) in [4.78, 5) is 15.9. The molecule has 2 aromatic carbocycles. The highest BCUT2D eigenvalue weighted by atomic mass is 19.1. The Bertz CT molecular complexity index is 1580. The molecule has 3 aromatic rings. The predicted molar refractivity (Wildman–Crippen MR) is 149 cm³/mol. The number of carbonyl (C=O) groups is 1. The van der Waals surface area contributed by atoms with E-state index in [9.17, 15) is 29.8 Å². The third-order valence-corrected chi connectivity index (χ3v) is 8.07. The fourth-order valence-corrected chi connectivity index (χ4v) is 5.99. The van der Waals surface area contributed by atoms with Crippen LogP contribution < -0.4 is 4.90 Å². The van der Waals surface area contributed by atoms with E-state index in [2.05, 4.69) is 16.4 Å². The number of aliphatic hydroxyl groups is 3. The Morgan fingerprint density at radius 3 is 2.63 bits per heavy atom. The van der Waals surface area contributed by atoms with Gasteiger partial charge in [-0.2, -0.15) is 10.5 Å². The van der Waals surface area contributed by atoms with Crippen LogP contribution in [-0.4, -0.2) is 86.5 Å². The largest absolute Gasteiger partial charge is 0.394 e. The van der Waals surface area contributed by atoms with E-state index in [4.69, 9.17) is 14.7 Å². The average molecular weight is 591 g/mol. The lowest BCUT2D eigenvalue weighted by molar-refractivity contribution is -0.211. The van der Waals surface area contributed by atoms with Crippen molar-refractivity contribution in [3.05, 3.63) is 65.1 Å². The number of halogens is 1. The lowest BCUT2D eigenvalue weighted by Crippen LogP contribution is -2.62. The molecule has 1 saturated carbocycles. The maximum Gasteiger partial charge on any atom is 0.259 e. The zero-order chi connectivity index (χ0) is 30.8. The zero-order valence-corrected chi connectivity index (χ0v) is 23.5. The van der Waals surface area contributed by atoms with E-state index >= 15 is 0 Å². The Labute approximate surface area is 247 Å². The Morgan fingerprint density at radius 2 is 2.00 bits per heavy atom. The van der Waals surface area contributed by atoms with Crippen molar-refractivity contribution in [1.29, 1.82) is 10.5 Å². The van der Waals surface area contributed by atoms with Crippen molar-refractivity contribution >= 4 is 11.6 Å². The molecule has 12 nitrogen and oxygen atoms in total. The molecule has 0 bridgehead atoms. The first-order valence-corrected chi connectivity index (χ1v) is 13.8. The molecule has 7 atom stereocenters. The number of anilines is 1. The smallest absolute Gasteiger partial charge is 0.259 e. The van der Waals surface area contributed by atoms with Crippen LogP contribution in [0.15, 0.2) is 42.6 Å². The summed E-state index contributed by atoms with van der Waals surface area (Å²) in [7, 11) is 1.34. The minimum atomic E-state index is -1.39. The molecular weight excluding hydrogens is 559 g/mol. The van der Waals surface area contributed by atoms with Crippen LogP contribution in [0, 0.1) is 35.4 Å². The maximum atomic E-state index is 14.4. The third kappa shape index (κ3) is 5.73. The molecule has 0 radical (unpaired) electrons. The van der Waals surface area contributed by atoms with Crippen molar-refractivity contribution in [2.24, 2.45) is 0 Å². The summed E-state index contributed by atoms with van der Waals surface area (Å²) in [5, 5.41) is 59.1. The number of aliphatic hydroxyl groups excluding tert-OH is 3. The SMILES string of the molecule is CO[C@@H]1[C@@H](n2cc(-c3ccc(C#N)c(F)c3)nn2)[C@@H](O)[C@@H](CO)O[C@H]1C(=O)N(c1cc(C)cc(C#N)c1)[C@@H]1CCC[C@H]1O. The highest BCUT2D eigenvalue weighted by Crippen LogP contribution is 2.37. The molecule has 1 aromatic heterocycles. The normalized spacial score (nSPS) is 26.9. The number of methoxy groups -OCH3 is 1. The summed E-state index contributed by atoms with van der Waals surface area (Å²) in [6.07, 6.45) is -2.80. The van der Waals surface area contributed by atoms with Crippen LogP contribution in [0.2, 0.25) is 0 Å². The number of hydrogen-bond donors (Lipinski definition) is 3. The second-order valence-electron chi connectivity index (χ2n) is 10.8. The molecule has 43 heavy (non-hydrogen) atoms. The number of rotatable bonds is 7. The van der Waals surface area contributed by atoms with Crippen molar-refractivity contribution < 1.29 is 34.0 Å². The monoisotopic (exact) mass is 590 g/mol. The summed E-state index contributed by atoms with van der Waals surface area (Å²) >= 11 is 0. The van der Waals surface area contributed by atoms with E-state index in [1.54, 1.807) is 31.2 Å². The van der Waals surface area contributed by atoms with Gasteiger partial charge in [-0.3, -0.25) is 4.79 Å². The number of carbonyl (C=O) groups excluding carboxylic acids is 1. The molecule has 2 fully saturated rings. The van der Waals surface area contributed by atoms with Crippen molar-refractivity contribution in [3.8, 4) is 23.4 Å². The fourth-order valence-electron chi connectivity index (χ4n) is 5.99. The number of nitrogens with zero attached hydrogens (tertiary/aromatic N) is 6. The minimum Gasteiger partial charge on any atom is -0.394 e. The molecule has 3 N–H and O–H groups in total. The van der Waals surface area contributed by atoms with Crippen molar-refractivity contribution in [3.63, 3.8) is 0 Å². The topological polar surface area (TPSA) is 178 Å². The molecule has 1 aliphatic heterocycles. The van der Waals surface area contributed by atoms with Crippen LogP contribution in [-0.2, 0) is 14.3 Å². The number of aromatic nitrogens is 3. The molecule has 224 valence electrons. The van der Waals surface area contributed by atoms with Crippen LogP contribution >= 0.6 is 0 Å². The van der Waals surface area contributed by atoms with Crippen molar-refractivity contribution in [2.75, 3.05) is 18.6 Å². The highest BCUT2D eigenvalue weighted by Gasteiger charge is 2.52. The van der Waals surface area contributed by atoms with Crippen molar-refractivity contribution in [1.82, 2.24) is 15.0 Å². The minimum absolute atomic E-state index is 0.130. The van der Waals surface area contributed by atoms with Gasteiger partial charge in [-0.25, -0.2) is 9.07 Å². The van der Waals surface area contributed by atoms with Gasteiger partial charge in [-0.15, -0.1) is 5.10 Å². The van der Waals surface area contributed by atoms with E-state index in [-0.39, 0.29) is 11.3 Å². The summed E-state index contributed by atoms with van der Waals surface area (Å²) in [6, 6.07) is 11.1. The summed E-state index contributed by atoms with van der Waals surface area (Å²) < 4.78 is 27.3. The number of benzene rings is 2. The van der Waals surface area contributed by atoms with Crippen LogP contribution in [0.5, 0.6) is 0 Å². The third-order valence-electron chi connectivity index (χ3n) is 8.07. The van der Waals surface area contributed by atoms with Gasteiger partial charge in [0, 0.05) is 18.4 Å². The van der Waals surface area contributed by atoms with Crippen LogP contribution in [0.25, 0.3) is 11.3 Å². The van der Waals surface area contributed by atoms with Crippen LogP contribution in [0.3, 0.4) is 0 Å². The van der Waals surface area contributed by atoms with E-state index in [0.29, 0.717) is 36.1 Å². The molecule has 0 unspecified atom stereocenters. The quantitative estimate of drug-likeness (QED) is 0.367. The van der Waals surface area contributed by atoms with Gasteiger partial charge in [0.25, 0.3) is 5.91 Å². The first-order chi connectivity index (χ1) is 20.7. The van der Waals surface area contributed by atoms with E-state index in [0.717, 1.165) is 11.6 Å². The van der Waals surface area contributed by atoms with Gasteiger partial charge in [0.2, 0.25) is 0 Å². The Kier molecular flexibility index (Phi) is 8.82. The first-order valence-electron chi connectivity index (χ1n) is 13.8. The van der Waals surface area contributed by atoms with Gasteiger partial charge in [-0.1, -0.05) is 11.3 Å². The second kappa shape index (κ2) is 12.6. The lowest BCUT2D eigenvalue weighted by atomic mass is 9.91. The molecule has 1 aliphatic carbocycles. The molecular formula is C30H31FN6O6. The van der Waals surface area contributed by atoms with Gasteiger partial charge < -0.3 is 29.7 Å². The molecule has 5 rings (SSSR count). The lowest BCUT2D eigenvalue weighted by Gasteiger charge is -2.45. The zero-order valence-electron chi connectivity index (χ0n) is 23.5. The fraction of sp³-hybridized carbons (Fsp3) is 0.433. The van der Waals surface area contributed by atoms with Gasteiger partial charge >= 0.3 is 0 Å². The number of hydrogen-bond acceptors (Lipinski definition) is 10. The number of aryl methyl sites for hydroxylation is 1. The molecule has 2 aliphatic rings. The van der Waals surface area contributed by atoms with Gasteiger partial charge in [0.05, 0.1) is 42.1 Å². The Hall–Kier alpha value is -4.24. The standard InChI is InChI=1S/C30H31FN6O6/c1-16-8-17(12-32)10-20(9-16)37(23-4-3-5-24(23)39)30(41)29-28(42-2)26(27(40)25(15-38)43-29)36-14-22(34-35-36)18-6-7-19(13-33)21(31)11-18/h6-11,14,23-29,38-40H,3-5,15H2,1-2H3/t23-,24-,25-,26+,27+,28-,29-/m1/s1. The molecule has 2 heterocycles. The van der Waals surface area contributed by atoms with Gasteiger partial charge in [-0.05, 0) is 62.1 Å². The first kappa shape index (κ1) is 30.2. The van der Waals surface area contributed by atoms with Crippen LogP contribution in [0.4, 0.5) is 10.1 Å². The molecule has 1 saturated heterocycles. The van der Waals surface area contributed by atoms with E-state index in [1.807, 2.05) is 0 Å². The summed E-state index contributed by atoms with van der Waals surface area (Å²) in [6.45, 7) is 1.17.